The zero-order valence-electron chi connectivity index (χ0n) is 11.8. The van der Waals surface area contributed by atoms with Crippen LogP contribution in [0.5, 0.6) is 0 Å². The second-order valence-electron chi connectivity index (χ2n) is 5.43. The molecule has 1 aliphatic rings. The fourth-order valence-electron chi connectivity index (χ4n) is 2.40. The highest BCUT2D eigenvalue weighted by Gasteiger charge is 2.46. The van der Waals surface area contributed by atoms with Gasteiger partial charge in [0.15, 0.2) is 0 Å². The Morgan fingerprint density at radius 3 is 2.59 bits per heavy atom. The lowest BCUT2D eigenvalue weighted by atomic mass is 10.1. The summed E-state index contributed by atoms with van der Waals surface area (Å²) in [4.78, 5) is 12.0. The van der Waals surface area contributed by atoms with Crippen LogP contribution >= 0.6 is 15.9 Å². The summed E-state index contributed by atoms with van der Waals surface area (Å²) in [6, 6.07) is 14.2. The molecular formula is C17H15BrFNO2. The van der Waals surface area contributed by atoms with E-state index in [0.29, 0.717) is 4.47 Å². The first kappa shape index (κ1) is 15.0. The molecule has 2 aromatic rings. The number of benzene rings is 2. The maximum atomic E-state index is 13.5. The predicted octanol–water partition coefficient (Wildman–Crippen LogP) is 4.50. The zero-order chi connectivity index (χ0) is 15.6. The lowest BCUT2D eigenvalue weighted by Gasteiger charge is -2.18. The predicted molar refractivity (Wildman–Crippen MR) is 84.8 cm³/mol. The summed E-state index contributed by atoms with van der Waals surface area (Å²) in [6.07, 6.45) is 1.08. The molecule has 0 aliphatic heterocycles. The first-order chi connectivity index (χ1) is 10.6. The van der Waals surface area contributed by atoms with Gasteiger partial charge in [-0.3, -0.25) is 0 Å². The Hall–Kier alpha value is -1.88. The van der Waals surface area contributed by atoms with E-state index < -0.39 is 11.6 Å². The first-order valence-electron chi connectivity index (χ1n) is 7.03. The number of carbonyl (C=O) groups is 1. The van der Waals surface area contributed by atoms with E-state index in [2.05, 4.69) is 21.2 Å². The third kappa shape index (κ3) is 3.47. The highest BCUT2D eigenvalue weighted by molar-refractivity contribution is 9.10. The summed E-state index contributed by atoms with van der Waals surface area (Å²) in [5, 5.41) is 2.86. The van der Waals surface area contributed by atoms with Crippen LogP contribution in [-0.2, 0) is 16.9 Å². The maximum absolute atomic E-state index is 13.5. The van der Waals surface area contributed by atoms with Gasteiger partial charge >= 0.3 is 6.09 Å². The molecular weight excluding hydrogens is 349 g/mol. The van der Waals surface area contributed by atoms with Crippen molar-refractivity contribution in [2.24, 2.45) is 0 Å². The minimum atomic E-state index is -0.502. The van der Waals surface area contributed by atoms with Crippen molar-refractivity contribution < 1.29 is 13.9 Å². The second-order valence-corrected chi connectivity index (χ2v) is 6.34. The first-order valence-corrected chi connectivity index (χ1v) is 7.82. The van der Waals surface area contributed by atoms with Crippen LogP contribution in [0, 0.1) is 5.82 Å². The van der Waals surface area contributed by atoms with Crippen molar-refractivity contribution in [2.75, 3.05) is 0 Å². The van der Waals surface area contributed by atoms with Crippen LogP contribution in [0.4, 0.5) is 9.18 Å². The summed E-state index contributed by atoms with van der Waals surface area (Å²) in [5.41, 5.74) is 1.19. The third-order valence-corrected chi connectivity index (χ3v) is 4.18. The van der Waals surface area contributed by atoms with Crippen LogP contribution in [0.3, 0.4) is 0 Å². The Labute approximate surface area is 136 Å². The Balaban J connectivity index is 1.63. The number of hydrogen-bond donors (Lipinski definition) is 1. The van der Waals surface area contributed by atoms with E-state index in [4.69, 9.17) is 4.74 Å². The van der Waals surface area contributed by atoms with Crippen molar-refractivity contribution in [3.63, 3.8) is 0 Å². The van der Waals surface area contributed by atoms with Crippen LogP contribution < -0.4 is 5.32 Å². The van der Waals surface area contributed by atoms with Gasteiger partial charge in [0.25, 0.3) is 0 Å². The molecule has 0 radical (unpaired) electrons. The van der Waals surface area contributed by atoms with Gasteiger partial charge in [-0.25, -0.2) is 9.18 Å². The number of halogens is 2. The molecule has 0 heterocycles. The number of hydrogen-bond acceptors (Lipinski definition) is 2. The number of carbonyl (C=O) groups excluding carboxylic acids is 1. The summed E-state index contributed by atoms with van der Waals surface area (Å²) in [6.45, 7) is 0.218. The van der Waals surface area contributed by atoms with Crippen molar-refractivity contribution in [2.45, 2.75) is 25.0 Å². The largest absolute Gasteiger partial charge is 0.445 e. The molecule has 1 aliphatic carbocycles. The van der Waals surface area contributed by atoms with Crippen molar-refractivity contribution in [3.05, 3.63) is 69.9 Å². The summed E-state index contributed by atoms with van der Waals surface area (Å²) in [5.74, 6) is -0.324. The molecule has 0 saturated heterocycles. The second kappa shape index (κ2) is 6.08. The van der Waals surface area contributed by atoms with E-state index in [1.54, 1.807) is 0 Å². The van der Waals surface area contributed by atoms with Crippen molar-refractivity contribution in [1.29, 1.82) is 0 Å². The van der Waals surface area contributed by atoms with Gasteiger partial charge in [-0.2, -0.15) is 0 Å². The molecule has 114 valence electrons. The van der Waals surface area contributed by atoms with E-state index in [-0.39, 0.29) is 12.4 Å². The maximum Gasteiger partial charge on any atom is 0.408 e. The monoisotopic (exact) mass is 363 g/mol. The molecule has 2 aromatic carbocycles. The normalized spacial score (nSPS) is 15.2. The van der Waals surface area contributed by atoms with Crippen molar-refractivity contribution in [1.82, 2.24) is 5.32 Å². The van der Waals surface area contributed by atoms with Gasteiger partial charge in [0.05, 0.1) is 5.54 Å². The highest BCUT2D eigenvalue weighted by atomic mass is 79.9. The average molecular weight is 364 g/mol. The smallest absolute Gasteiger partial charge is 0.408 e. The zero-order valence-corrected chi connectivity index (χ0v) is 13.4. The number of ether oxygens (including phenoxy) is 1. The fourth-order valence-corrected chi connectivity index (χ4v) is 2.86. The summed E-state index contributed by atoms with van der Waals surface area (Å²) in [7, 11) is 0. The molecule has 1 fully saturated rings. The van der Waals surface area contributed by atoms with Crippen molar-refractivity contribution in [3.8, 4) is 0 Å². The van der Waals surface area contributed by atoms with E-state index in [1.165, 1.54) is 12.1 Å². The van der Waals surface area contributed by atoms with Gasteiger partial charge in [-0.1, -0.05) is 46.3 Å². The number of rotatable bonds is 4. The molecule has 1 amide bonds. The molecule has 0 unspecified atom stereocenters. The topological polar surface area (TPSA) is 38.3 Å². The van der Waals surface area contributed by atoms with Gasteiger partial charge in [0.1, 0.15) is 12.4 Å². The van der Waals surface area contributed by atoms with E-state index in [9.17, 15) is 9.18 Å². The number of nitrogens with one attached hydrogen (secondary N) is 1. The van der Waals surface area contributed by atoms with Gasteiger partial charge in [-0.15, -0.1) is 0 Å². The molecule has 0 spiro atoms. The van der Waals surface area contributed by atoms with Gasteiger partial charge in [0, 0.05) is 4.47 Å². The minimum Gasteiger partial charge on any atom is -0.445 e. The van der Waals surface area contributed by atoms with Crippen LogP contribution in [0.25, 0.3) is 0 Å². The molecule has 0 aromatic heterocycles. The standard InChI is InChI=1S/C17H15BrFNO2/c18-14-8-13(9-15(19)10-14)17(6-7-17)20-16(21)22-11-12-4-2-1-3-5-12/h1-5,8-10H,6-7,11H2,(H,20,21). The summed E-state index contributed by atoms with van der Waals surface area (Å²) >= 11 is 3.28. The molecule has 0 bridgehead atoms. The Morgan fingerprint density at radius 1 is 1.23 bits per heavy atom. The van der Waals surface area contributed by atoms with Gasteiger partial charge in [0.2, 0.25) is 0 Å². The SMILES string of the molecule is O=C(NC1(c2cc(F)cc(Br)c2)CC1)OCc1ccccc1. The lowest BCUT2D eigenvalue weighted by Crippen LogP contribution is -2.35. The molecule has 22 heavy (non-hydrogen) atoms. The fraction of sp³-hybridized carbons (Fsp3) is 0.235. The van der Waals surface area contributed by atoms with E-state index >= 15 is 0 Å². The average Bonchev–Trinajstić information content (AvgIpc) is 3.26. The minimum absolute atomic E-state index is 0.218. The quantitative estimate of drug-likeness (QED) is 0.867. The van der Waals surface area contributed by atoms with E-state index in [0.717, 1.165) is 24.0 Å². The molecule has 3 rings (SSSR count). The van der Waals surface area contributed by atoms with Crippen LogP contribution in [-0.4, -0.2) is 6.09 Å². The van der Waals surface area contributed by atoms with Gasteiger partial charge in [-0.05, 0) is 42.2 Å². The molecule has 1 saturated carbocycles. The number of alkyl carbamates (subject to hydrolysis) is 1. The van der Waals surface area contributed by atoms with Crippen molar-refractivity contribution >= 4 is 22.0 Å². The molecule has 3 nitrogen and oxygen atoms in total. The molecule has 5 heteroatoms. The Morgan fingerprint density at radius 2 is 1.95 bits per heavy atom. The van der Waals surface area contributed by atoms with Crippen LogP contribution in [0.15, 0.2) is 53.0 Å². The van der Waals surface area contributed by atoms with Crippen LogP contribution in [0.2, 0.25) is 0 Å². The molecule has 1 N–H and O–H groups in total. The van der Waals surface area contributed by atoms with Gasteiger partial charge < -0.3 is 10.1 Å². The Bertz CT molecular complexity index is 666. The molecule has 0 atom stereocenters. The lowest BCUT2D eigenvalue weighted by molar-refractivity contribution is 0.134. The Kier molecular flexibility index (Phi) is 4.16. The van der Waals surface area contributed by atoms with E-state index in [1.807, 2.05) is 36.4 Å². The third-order valence-electron chi connectivity index (χ3n) is 3.72. The summed E-state index contributed by atoms with van der Waals surface area (Å²) < 4.78 is 19.4. The highest BCUT2D eigenvalue weighted by Crippen LogP contribution is 2.46. The van der Waals surface area contributed by atoms with Crippen LogP contribution in [0.1, 0.15) is 24.0 Å². The number of amides is 1.